The van der Waals surface area contributed by atoms with Gasteiger partial charge in [0.1, 0.15) is 5.75 Å². The zero-order valence-corrected chi connectivity index (χ0v) is 12.7. The van der Waals surface area contributed by atoms with Crippen molar-refractivity contribution in [3.63, 3.8) is 0 Å². The lowest BCUT2D eigenvalue weighted by Gasteiger charge is -2.07. The molecule has 0 radical (unpaired) electrons. The van der Waals surface area contributed by atoms with Crippen LogP contribution < -0.4 is 10.1 Å². The van der Waals surface area contributed by atoms with Crippen LogP contribution in [0.5, 0.6) is 5.75 Å². The van der Waals surface area contributed by atoms with Gasteiger partial charge in [0.2, 0.25) is 5.91 Å². The van der Waals surface area contributed by atoms with Gasteiger partial charge in [0.15, 0.2) is 0 Å². The fourth-order valence-electron chi connectivity index (χ4n) is 1.79. The Kier molecular flexibility index (Phi) is 7.48. The number of rotatable bonds is 8. The fourth-order valence-corrected chi connectivity index (χ4v) is 1.79. The molecule has 110 valence electrons. The van der Waals surface area contributed by atoms with Crippen LogP contribution in [-0.4, -0.2) is 12.5 Å². The number of hydrogen-bond donors (Lipinski definition) is 1. The number of ether oxygens (including phenoxy) is 1. The number of benzene rings is 1. The molecule has 0 aromatic heterocycles. The maximum atomic E-state index is 11.6. The van der Waals surface area contributed by atoms with E-state index in [1.165, 1.54) is 19.3 Å². The van der Waals surface area contributed by atoms with Crippen LogP contribution in [0.15, 0.2) is 35.9 Å². The van der Waals surface area contributed by atoms with Gasteiger partial charge in [0, 0.05) is 11.8 Å². The molecular weight excluding hydrogens is 250 g/mol. The van der Waals surface area contributed by atoms with Crippen LogP contribution in [0.4, 0.5) is 5.69 Å². The van der Waals surface area contributed by atoms with Crippen LogP contribution in [0.1, 0.15) is 46.5 Å². The van der Waals surface area contributed by atoms with E-state index in [9.17, 15) is 4.79 Å². The molecule has 0 bridgehead atoms. The number of unbranched alkanes of at least 4 members (excludes halogenated alkanes) is 3. The molecule has 0 aliphatic carbocycles. The Morgan fingerprint density at radius 2 is 1.85 bits per heavy atom. The first kappa shape index (κ1) is 16.3. The van der Waals surface area contributed by atoms with E-state index in [1.54, 1.807) is 6.08 Å². The molecule has 0 unspecified atom stereocenters. The maximum absolute atomic E-state index is 11.6. The molecule has 20 heavy (non-hydrogen) atoms. The van der Waals surface area contributed by atoms with E-state index < -0.39 is 0 Å². The minimum Gasteiger partial charge on any atom is -0.494 e. The van der Waals surface area contributed by atoms with E-state index in [-0.39, 0.29) is 5.91 Å². The molecule has 1 N–H and O–H groups in total. The molecule has 0 fully saturated rings. The van der Waals surface area contributed by atoms with Gasteiger partial charge >= 0.3 is 0 Å². The Morgan fingerprint density at radius 3 is 2.45 bits per heavy atom. The van der Waals surface area contributed by atoms with E-state index >= 15 is 0 Å². The number of carbonyl (C=O) groups is 1. The first-order valence-corrected chi connectivity index (χ1v) is 7.30. The number of nitrogens with one attached hydrogen (secondary N) is 1. The zero-order chi connectivity index (χ0) is 14.8. The highest BCUT2D eigenvalue weighted by atomic mass is 16.5. The Morgan fingerprint density at radius 1 is 1.15 bits per heavy atom. The topological polar surface area (TPSA) is 38.3 Å². The maximum Gasteiger partial charge on any atom is 0.248 e. The van der Waals surface area contributed by atoms with Gasteiger partial charge in [0.05, 0.1) is 6.61 Å². The second kappa shape index (κ2) is 9.18. The van der Waals surface area contributed by atoms with Gasteiger partial charge in [-0.2, -0.15) is 0 Å². The highest BCUT2D eigenvalue weighted by Gasteiger charge is 1.99. The average Bonchev–Trinajstić information content (AvgIpc) is 2.39. The van der Waals surface area contributed by atoms with E-state index in [4.69, 9.17) is 4.74 Å². The summed E-state index contributed by atoms with van der Waals surface area (Å²) >= 11 is 0. The number of amides is 1. The van der Waals surface area contributed by atoms with Crippen LogP contribution in [0.3, 0.4) is 0 Å². The smallest absolute Gasteiger partial charge is 0.248 e. The first-order chi connectivity index (χ1) is 9.61. The molecule has 0 aliphatic rings. The van der Waals surface area contributed by atoms with Crippen molar-refractivity contribution in [2.45, 2.75) is 46.5 Å². The van der Waals surface area contributed by atoms with Crippen molar-refractivity contribution in [2.24, 2.45) is 0 Å². The normalized spacial score (nSPS) is 9.95. The van der Waals surface area contributed by atoms with Crippen molar-refractivity contribution in [3.05, 3.63) is 35.9 Å². The monoisotopic (exact) mass is 275 g/mol. The minimum absolute atomic E-state index is 0.0989. The molecule has 3 nitrogen and oxygen atoms in total. The van der Waals surface area contributed by atoms with Crippen LogP contribution >= 0.6 is 0 Å². The van der Waals surface area contributed by atoms with Crippen molar-refractivity contribution < 1.29 is 9.53 Å². The summed E-state index contributed by atoms with van der Waals surface area (Å²) in [7, 11) is 0. The molecule has 0 saturated carbocycles. The second-order valence-corrected chi connectivity index (χ2v) is 5.14. The van der Waals surface area contributed by atoms with E-state index in [2.05, 4.69) is 12.2 Å². The third-order valence-electron chi connectivity index (χ3n) is 2.81. The molecule has 1 rings (SSSR count). The lowest BCUT2D eigenvalue weighted by atomic mass is 10.2. The summed E-state index contributed by atoms with van der Waals surface area (Å²) in [6, 6.07) is 7.49. The summed E-state index contributed by atoms with van der Waals surface area (Å²) in [5.41, 5.74) is 1.76. The average molecular weight is 275 g/mol. The fraction of sp³-hybridized carbons (Fsp3) is 0.471. The highest BCUT2D eigenvalue weighted by molar-refractivity contribution is 5.99. The number of hydrogen-bond acceptors (Lipinski definition) is 2. The van der Waals surface area contributed by atoms with Gasteiger partial charge in [-0.15, -0.1) is 0 Å². The predicted molar refractivity (Wildman–Crippen MR) is 84.1 cm³/mol. The Balaban J connectivity index is 2.36. The van der Waals surface area contributed by atoms with Crippen LogP contribution in [0.2, 0.25) is 0 Å². The van der Waals surface area contributed by atoms with Gasteiger partial charge in [-0.05, 0) is 44.5 Å². The summed E-state index contributed by atoms with van der Waals surface area (Å²) in [6.07, 6.45) is 6.39. The molecule has 1 aromatic carbocycles. The molecule has 1 aromatic rings. The summed E-state index contributed by atoms with van der Waals surface area (Å²) in [5, 5.41) is 2.81. The van der Waals surface area contributed by atoms with Crippen molar-refractivity contribution >= 4 is 11.6 Å². The third-order valence-corrected chi connectivity index (χ3v) is 2.81. The van der Waals surface area contributed by atoms with Gasteiger partial charge in [-0.25, -0.2) is 0 Å². The Labute approximate surface area is 122 Å². The molecule has 0 saturated heterocycles. The summed E-state index contributed by atoms with van der Waals surface area (Å²) in [6.45, 7) is 6.75. The zero-order valence-electron chi connectivity index (χ0n) is 12.7. The van der Waals surface area contributed by atoms with Crippen molar-refractivity contribution in [3.8, 4) is 5.75 Å². The van der Waals surface area contributed by atoms with Crippen LogP contribution in [0.25, 0.3) is 0 Å². The predicted octanol–water partition coefficient (Wildman–Crippen LogP) is 4.55. The number of carbonyl (C=O) groups excluding carboxylic acids is 1. The van der Waals surface area contributed by atoms with Crippen LogP contribution in [-0.2, 0) is 4.79 Å². The molecular formula is C17H25NO2. The summed E-state index contributed by atoms with van der Waals surface area (Å²) in [5.74, 6) is 0.750. The van der Waals surface area contributed by atoms with Gasteiger partial charge < -0.3 is 10.1 Å². The molecule has 0 atom stereocenters. The lowest BCUT2D eigenvalue weighted by Crippen LogP contribution is -2.08. The van der Waals surface area contributed by atoms with E-state index in [1.807, 2.05) is 38.1 Å². The standard InChI is InChI=1S/C17H25NO2/c1-4-5-6-7-12-20-16-10-8-15(9-11-16)18-17(19)13-14(2)3/h8-11,13H,4-7,12H2,1-3H3,(H,18,19). The van der Waals surface area contributed by atoms with Crippen LogP contribution in [0, 0.1) is 0 Å². The summed E-state index contributed by atoms with van der Waals surface area (Å²) in [4.78, 5) is 11.6. The van der Waals surface area contributed by atoms with Crippen molar-refractivity contribution in [2.75, 3.05) is 11.9 Å². The number of allylic oxidation sites excluding steroid dienone is 1. The first-order valence-electron chi connectivity index (χ1n) is 7.30. The quantitative estimate of drug-likeness (QED) is 0.558. The van der Waals surface area contributed by atoms with Gasteiger partial charge in [-0.3, -0.25) is 4.79 Å². The minimum atomic E-state index is -0.0989. The van der Waals surface area contributed by atoms with Gasteiger partial charge in [-0.1, -0.05) is 31.8 Å². The molecule has 3 heteroatoms. The lowest BCUT2D eigenvalue weighted by molar-refractivity contribution is -0.111. The molecule has 0 aliphatic heterocycles. The molecule has 0 heterocycles. The largest absolute Gasteiger partial charge is 0.494 e. The summed E-state index contributed by atoms with van der Waals surface area (Å²) < 4.78 is 5.65. The molecule has 1 amide bonds. The van der Waals surface area contributed by atoms with Crippen molar-refractivity contribution in [1.82, 2.24) is 0 Å². The Bertz CT molecular complexity index is 431. The third kappa shape index (κ3) is 6.98. The van der Waals surface area contributed by atoms with Gasteiger partial charge in [0.25, 0.3) is 0 Å². The van der Waals surface area contributed by atoms with E-state index in [0.717, 1.165) is 30.0 Å². The SMILES string of the molecule is CCCCCCOc1ccc(NC(=O)C=C(C)C)cc1. The highest BCUT2D eigenvalue weighted by Crippen LogP contribution is 2.16. The van der Waals surface area contributed by atoms with Crippen molar-refractivity contribution in [1.29, 1.82) is 0 Å². The second-order valence-electron chi connectivity index (χ2n) is 5.14. The molecule has 0 spiro atoms. The Hall–Kier alpha value is -1.77. The number of anilines is 1. The van der Waals surface area contributed by atoms with E-state index in [0.29, 0.717) is 0 Å².